The topological polar surface area (TPSA) is 58.9 Å². The van der Waals surface area contributed by atoms with Crippen molar-refractivity contribution in [1.82, 2.24) is 0 Å². The number of phenols is 1. The number of carbonyl (C=O) groups excluding carboxylic acids is 1. The van der Waals surface area contributed by atoms with E-state index < -0.39 is 5.97 Å². The van der Waals surface area contributed by atoms with Crippen molar-refractivity contribution >= 4 is 17.8 Å². The summed E-state index contributed by atoms with van der Waals surface area (Å²) in [6, 6.07) is 6.96. The van der Waals surface area contributed by atoms with Crippen LogP contribution in [-0.4, -0.2) is 16.8 Å². The minimum absolute atomic E-state index is 0.248. The van der Waals surface area contributed by atoms with Gasteiger partial charge in [-0.2, -0.15) is 0 Å². The zero-order valence-electron chi connectivity index (χ0n) is 10.2. The number of hydrogen-bond acceptors (Lipinski definition) is 4. The molecular weight excluding hydrogens is 230 g/mol. The van der Waals surface area contributed by atoms with Crippen molar-refractivity contribution in [2.45, 2.75) is 26.2 Å². The van der Waals surface area contributed by atoms with Crippen LogP contribution in [0.1, 0.15) is 31.7 Å². The molecule has 94 valence electrons. The summed E-state index contributed by atoms with van der Waals surface area (Å²) in [5, 5.41) is 13.1. The molecule has 0 aliphatic heterocycles. The number of benzene rings is 1. The zero-order valence-corrected chi connectivity index (χ0v) is 10.2. The number of nitrogens with zero attached hydrogens (tertiary/aromatic N) is 1. The molecule has 1 aromatic rings. The van der Waals surface area contributed by atoms with E-state index in [9.17, 15) is 9.90 Å². The Bertz CT molecular complexity index is 500. The number of rotatable bonds is 2. The Morgan fingerprint density at radius 1 is 1.33 bits per heavy atom. The van der Waals surface area contributed by atoms with Gasteiger partial charge >= 0.3 is 5.97 Å². The maximum Gasteiger partial charge on any atom is 0.331 e. The van der Waals surface area contributed by atoms with Gasteiger partial charge in [-0.15, -0.1) is 0 Å². The highest BCUT2D eigenvalue weighted by Gasteiger charge is 2.16. The predicted octanol–water partition coefficient (Wildman–Crippen LogP) is 2.88. The molecule has 1 aliphatic carbocycles. The lowest BCUT2D eigenvalue weighted by atomic mass is 10.1. The fourth-order valence-corrected chi connectivity index (χ4v) is 1.90. The minimum Gasteiger partial charge on any atom is -0.508 e. The molecule has 0 aromatic heterocycles. The second-order valence-corrected chi connectivity index (χ2v) is 4.24. The molecule has 0 heterocycles. The fourth-order valence-electron chi connectivity index (χ4n) is 1.90. The normalized spacial score (nSPS) is 19.4. The van der Waals surface area contributed by atoms with E-state index in [0.29, 0.717) is 0 Å². The van der Waals surface area contributed by atoms with Gasteiger partial charge in [-0.1, -0.05) is 17.3 Å². The van der Waals surface area contributed by atoms with E-state index in [1.54, 1.807) is 12.1 Å². The monoisotopic (exact) mass is 245 g/mol. The number of hydrogen-bond donors (Lipinski definition) is 1. The van der Waals surface area contributed by atoms with Gasteiger partial charge in [-0.25, -0.2) is 4.79 Å². The highest BCUT2D eigenvalue weighted by Crippen LogP contribution is 2.25. The van der Waals surface area contributed by atoms with Crippen LogP contribution in [0, 0.1) is 0 Å². The highest BCUT2D eigenvalue weighted by atomic mass is 16.7. The molecule has 1 fully saturated rings. The summed E-state index contributed by atoms with van der Waals surface area (Å²) in [5.41, 5.74) is 2.92. The molecule has 0 bridgehead atoms. The van der Waals surface area contributed by atoms with Crippen molar-refractivity contribution in [3.63, 3.8) is 0 Å². The molecule has 0 spiro atoms. The van der Waals surface area contributed by atoms with Crippen LogP contribution in [0.5, 0.6) is 5.75 Å². The number of aromatic hydroxyl groups is 1. The van der Waals surface area contributed by atoms with Crippen molar-refractivity contribution < 1.29 is 14.7 Å². The third kappa shape index (κ3) is 3.20. The molecule has 1 N–H and O–H groups in total. The summed E-state index contributed by atoms with van der Waals surface area (Å²) < 4.78 is 0. The Morgan fingerprint density at radius 2 is 2.06 bits per heavy atom. The van der Waals surface area contributed by atoms with Crippen LogP contribution in [0.3, 0.4) is 0 Å². The van der Waals surface area contributed by atoms with E-state index >= 15 is 0 Å². The molecule has 2 rings (SSSR count). The molecule has 0 unspecified atom stereocenters. The summed E-state index contributed by atoms with van der Waals surface area (Å²) in [6.45, 7) is 1.34. The second kappa shape index (κ2) is 5.49. The van der Waals surface area contributed by atoms with Gasteiger partial charge in [0.05, 0.1) is 5.71 Å². The molecule has 0 saturated heterocycles. The fraction of sp³-hybridized carbons (Fsp3) is 0.286. The van der Waals surface area contributed by atoms with E-state index in [1.165, 1.54) is 6.92 Å². The lowest BCUT2D eigenvalue weighted by Crippen LogP contribution is -1.99. The van der Waals surface area contributed by atoms with Crippen molar-refractivity contribution in [2.24, 2.45) is 5.16 Å². The van der Waals surface area contributed by atoms with Gasteiger partial charge < -0.3 is 9.94 Å². The van der Waals surface area contributed by atoms with Gasteiger partial charge in [-0.3, -0.25) is 0 Å². The quantitative estimate of drug-likeness (QED) is 0.643. The van der Waals surface area contributed by atoms with Crippen molar-refractivity contribution in [2.75, 3.05) is 0 Å². The summed E-state index contributed by atoms with van der Waals surface area (Å²) in [4.78, 5) is 15.4. The van der Waals surface area contributed by atoms with Crippen LogP contribution in [0.2, 0.25) is 0 Å². The van der Waals surface area contributed by atoms with Gasteiger partial charge in [0.2, 0.25) is 0 Å². The summed E-state index contributed by atoms with van der Waals surface area (Å²) >= 11 is 0. The summed E-state index contributed by atoms with van der Waals surface area (Å²) in [7, 11) is 0. The van der Waals surface area contributed by atoms with E-state index in [4.69, 9.17) is 0 Å². The number of phenolic OH excluding ortho intramolecular Hbond substituents is 1. The lowest BCUT2D eigenvalue weighted by Gasteiger charge is -2.00. The Kier molecular flexibility index (Phi) is 3.77. The molecule has 4 heteroatoms. The zero-order chi connectivity index (χ0) is 13.0. The molecule has 4 nitrogen and oxygen atoms in total. The molecule has 1 aliphatic rings. The first-order chi connectivity index (χ1) is 8.65. The van der Waals surface area contributed by atoms with Crippen LogP contribution in [0.15, 0.2) is 35.0 Å². The van der Waals surface area contributed by atoms with E-state index in [-0.39, 0.29) is 5.75 Å². The van der Waals surface area contributed by atoms with E-state index in [0.717, 1.165) is 36.1 Å². The third-order valence-corrected chi connectivity index (χ3v) is 2.75. The van der Waals surface area contributed by atoms with Crippen LogP contribution in [0.25, 0.3) is 6.08 Å². The van der Waals surface area contributed by atoms with Crippen LogP contribution >= 0.6 is 0 Å². The van der Waals surface area contributed by atoms with Crippen LogP contribution in [-0.2, 0) is 9.63 Å². The Hall–Kier alpha value is -2.10. The summed E-state index contributed by atoms with van der Waals surface area (Å²) in [6.07, 6.45) is 4.79. The smallest absolute Gasteiger partial charge is 0.331 e. The lowest BCUT2D eigenvalue weighted by molar-refractivity contribution is -0.140. The number of oxime groups is 1. The van der Waals surface area contributed by atoms with Crippen LogP contribution in [0.4, 0.5) is 0 Å². The second-order valence-electron chi connectivity index (χ2n) is 4.24. The van der Waals surface area contributed by atoms with E-state index in [2.05, 4.69) is 9.99 Å². The maximum absolute atomic E-state index is 10.7. The van der Waals surface area contributed by atoms with Gasteiger partial charge in [0, 0.05) is 6.92 Å². The van der Waals surface area contributed by atoms with Gasteiger partial charge in [0.25, 0.3) is 0 Å². The SMILES string of the molecule is CC(=O)O/N=C1\CCC\C1=C\c1ccc(O)cc1. The van der Waals surface area contributed by atoms with E-state index in [1.807, 2.05) is 18.2 Å². The molecule has 1 aromatic carbocycles. The molecule has 18 heavy (non-hydrogen) atoms. The first-order valence-corrected chi connectivity index (χ1v) is 5.89. The number of allylic oxidation sites excluding steroid dienone is 1. The molecule has 0 amide bonds. The first kappa shape index (κ1) is 12.4. The average Bonchev–Trinajstić information content (AvgIpc) is 2.77. The maximum atomic E-state index is 10.7. The molecule has 0 radical (unpaired) electrons. The minimum atomic E-state index is -0.404. The Labute approximate surface area is 106 Å². The molecular formula is C14H15NO3. The largest absolute Gasteiger partial charge is 0.508 e. The number of carbonyl (C=O) groups is 1. The third-order valence-electron chi connectivity index (χ3n) is 2.75. The Balaban J connectivity index is 2.18. The van der Waals surface area contributed by atoms with Crippen molar-refractivity contribution in [1.29, 1.82) is 0 Å². The van der Waals surface area contributed by atoms with Gasteiger partial charge in [0.15, 0.2) is 0 Å². The standard InChI is InChI=1S/C14H15NO3/c1-10(16)18-15-14-4-2-3-12(14)9-11-5-7-13(17)8-6-11/h5-9,17H,2-4H2,1H3/b12-9-,15-14+. The predicted molar refractivity (Wildman–Crippen MR) is 69.1 cm³/mol. The van der Waals surface area contributed by atoms with Crippen molar-refractivity contribution in [3.8, 4) is 5.75 Å². The first-order valence-electron chi connectivity index (χ1n) is 5.89. The molecule has 0 atom stereocenters. The highest BCUT2D eigenvalue weighted by molar-refractivity contribution is 6.05. The summed E-state index contributed by atoms with van der Waals surface area (Å²) in [5.74, 6) is -0.157. The van der Waals surface area contributed by atoms with Gasteiger partial charge in [-0.05, 0) is 48.6 Å². The molecule has 1 saturated carbocycles. The van der Waals surface area contributed by atoms with Crippen LogP contribution < -0.4 is 0 Å². The van der Waals surface area contributed by atoms with Crippen molar-refractivity contribution in [3.05, 3.63) is 35.4 Å². The average molecular weight is 245 g/mol. The van der Waals surface area contributed by atoms with Gasteiger partial charge in [0.1, 0.15) is 5.75 Å². The Morgan fingerprint density at radius 3 is 2.72 bits per heavy atom.